The summed E-state index contributed by atoms with van der Waals surface area (Å²) >= 11 is 6.08. The Morgan fingerprint density at radius 2 is 2.11 bits per heavy atom. The number of halogens is 1. The molecule has 1 rings (SSSR count). The molecule has 4 nitrogen and oxygen atoms in total. The summed E-state index contributed by atoms with van der Waals surface area (Å²) in [5, 5.41) is 15.8. The molecule has 0 bridgehead atoms. The summed E-state index contributed by atoms with van der Waals surface area (Å²) in [4.78, 5) is 4.20. The normalized spacial score (nSPS) is 11.4. The number of aliphatic hydroxyl groups excluding tert-OH is 1. The van der Waals surface area contributed by atoms with Crippen molar-refractivity contribution in [2.24, 2.45) is 4.99 Å². The first kappa shape index (κ1) is 14.8. The van der Waals surface area contributed by atoms with E-state index in [9.17, 15) is 0 Å². The molecule has 1 aromatic rings. The fourth-order valence-electron chi connectivity index (χ4n) is 1.52. The fraction of sp³-hybridized carbons (Fsp3) is 0.462. The lowest BCUT2D eigenvalue weighted by molar-refractivity contribution is 0.306. The number of guanidine groups is 1. The Balaban J connectivity index is 2.41. The van der Waals surface area contributed by atoms with E-state index in [1.54, 1.807) is 0 Å². The highest BCUT2D eigenvalue weighted by atomic mass is 35.5. The number of aliphatic imine (C=N–C) groups is 1. The minimum atomic E-state index is 0.0566. The number of hydrogen-bond acceptors (Lipinski definition) is 2. The molecule has 0 unspecified atom stereocenters. The van der Waals surface area contributed by atoms with E-state index in [4.69, 9.17) is 16.7 Å². The molecule has 0 amide bonds. The van der Waals surface area contributed by atoms with Gasteiger partial charge in [0.15, 0.2) is 5.96 Å². The summed E-state index contributed by atoms with van der Waals surface area (Å²) in [6, 6.07) is 7.81. The van der Waals surface area contributed by atoms with Crippen molar-refractivity contribution in [3.63, 3.8) is 0 Å². The van der Waals surface area contributed by atoms with Crippen LogP contribution in [0.25, 0.3) is 0 Å². The van der Waals surface area contributed by atoms with Gasteiger partial charge in [0.25, 0.3) is 0 Å². The molecule has 18 heavy (non-hydrogen) atoms. The highest BCUT2D eigenvalue weighted by Gasteiger charge is 2.00. The molecule has 0 aliphatic rings. The molecule has 5 heteroatoms. The second-order valence-corrected chi connectivity index (χ2v) is 4.16. The zero-order chi connectivity index (χ0) is 13.2. The number of nitrogens with zero attached hydrogens (tertiary/aromatic N) is 1. The van der Waals surface area contributed by atoms with Crippen LogP contribution >= 0.6 is 11.6 Å². The van der Waals surface area contributed by atoms with Gasteiger partial charge in [-0.05, 0) is 25.0 Å². The molecule has 0 radical (unpaired) electrons. The predicted octanol–water partition coefficient (Wildman–Crippen LogP) is 1.43. The lowest BCUT2D eigenvalue weighted by Gasteiger charge is -2.11. The monoisotopic (exact) mass is 269 g/mol. The summed E-state index contributed by atoms with van der Waals surface area (Å²) in [6.45, 7) is 4.01. The molecule has 0 aliphatic carbocycles. The first-order valence-corrected chi connectivity index (χ1v) is 6.52. The Hall–Kier alpha value is -1.26. The fourth-order valence-corrected chi connectivity index (χ4v) is 1.75. The van der Waals surface area contributed by atoms with Gasteiger partial charge in [0.2, 0.25) is 0 Å². The minimum Gasteiger partial charge on any atom is -0.394 e. The van der Waals surface area contributed by atoms with E-state index in [0.29, 0.717) is 6.54 Å². The van der Waals surface area contributed by atoms with E-state index < -0.39 is 0 Å². The van der Waals surface area contributed by atoms with Crippen molar-refractivity contribution < 1.29 is 5.11 Å². The summed E-state index contributed by atoms with van der Waals surface area (Å²) < 4.78 is 0. The molecule has 0 heterocycles. The zero-order valence-electron chi connectivity index (χ0n) is 10.6. The molecule has 0 fully saturated rings. The first-order valence-electron chi connectivity index (χ1n) is 6.14. The van der Waals surface area contributed by atoms with Crippen molar-refractivity contribution >= 4 is 17.6 Å². The average Bonchev–Trinajstić information content (AvgIpc) is 2.38. The third kappa shape index (κ3) is 5.38. The smallest absolute Gasteiger partial charge is 0.191 e. The van der Waals surface area contributed by atoms with Crippen LogP contribution in [0.15, 0.2) is 29.3 Å². The van der Waals surface area contributed by atoms with Gasteiger partial charge in [-0.1, -0.05) is 29.8 Å². The van der Waals surface area contributed by atoms with Crippen molar-refractivity contribution in [3.8, 4) is 0 Å². The topological polar surface area (TPSA) is 56.7 Å². The van der Waals surface area contributed by atoms with Crippen LogP contribution in [-0.2, 0) is 6.42 Å². The van der Waals surface area contributed by atoms with Crippen LogP contribution in [-0.4, -0.2) is 37.3 Å². The highest BCUT2D eigenvalue weighted by Crippen LogP contribution is 2.14. The maximum atomic E-state index is 8.74. The van der Waals surface area contributed by atoms with E-state index >= 15 is 0 Å². The van der Waals surface area contributed by atoms with E-state index in [1.807, 2.05) is 31.2 Å². The highest BCUT2D eigenvalue weighted by molar-refractivity contribution is 6.31. The van der Waals surface area contributed by atoms with Gasteiger partial charge in [0.1, 0.15) is 0 Å². The molecule has 0 saturated heterocycles. The second kappa shape index (κ2) is 8.78. The lowest BCUT2D eigenvalue weighted by Crippen LogP contribution is -2.38. The number of nitrogens with one attached hydrogen (secondary N) is 2. The second-order valence-electron chi connectivity index (χ2n) is 3.75. The predicted molar refractivity (Wildman–Crippen MR) is 76.2 cm³/mol. The lowest BCUT2D eigenvalue weighted by atomic mass is 10.1. The van der Waals surface area contributed by atoms with Crippen LogP contribution in [0.3, 0.4) is 0 Å². The van der Waals surface area contributed by atoms with Crippen molar-refractivity contribution in [1.82, 2.24) is 10.6 Å². The maximum Gasteiger partial charge on any atom is 0.191 e. The van der Waals surface area contributed by atoms with Crippen LogP contribution in [0.1, 0.15) is 12.5 Å². The molecule has 0 aliphatic heterocycles. The Morgan fingerprint density at radius 3 is 2.78 bits per heavy atom. The summed E-state index contributed by atoms with van der Waals surface area (Å²) in [7, 11) is 0. The van der Waals surface area contributed by atoms with Gasteiger partial charge in [-0.3, -0.25) is 4.99 Å². The Kier molecular flexibility index (Phi) is 7.22. The van der Waals surface area contributed by atoms with Crippen LogP contribution < -0.4 is 10.6 Å². The van der Waals surface area contributed by atoms with E-state index in [0.717, 1.165) is 36.1 Å². The maximum absolute atomic E-state index is 8.74. The SMILES string of the molecule is CCNC(=NCCO)NCCc1ccccc1Cl. The summed E-state index contributed by atoms with van der Waals surface area (Å²) in [5.41, 5.74) is 1.12. The summed E-state index contributed by atoms with van der Waals surface area (Å²) in [5.74, 6) is 0.721. The average molecular weight is 270 g/mol. The Bertz CT molecular complexity index is 382. The number of hydrogen-bond donors (Lipinski definition) is 3. The van der Waals surface area contributed by atoms with Crippen molar-refractivity contribution in [2.45, 2.75) is 13.3 Å². The molecule has 100 valence electrons. The molecule has 0 spiro atoms. The number of benzene rings is 1. The van der Waals surface area contributed by atoms with Crippen molar-refractivity contribution in [2.75, 3.05) is 26.2 Å². The summed E-state index contributed by atoms with van der Waals surface area (Å²) in [6.07, 6.45) is 0.837. The quantitative estimate of drug-likeness (QED) is 0.541. The third-order valence-corrected chi connectivity index (χ3v) is 2.73. The molecular formula is C13H20ClN3O. The molecular weight excluding hydrogens is 250 g/mol. The van der Waals surface area contributed by atoms with Crippen LogP contribution in [0.4, 0.5) is 0 Å². The van der Waals surface area contributed by atoms with Crippen LogP contribution in [0.2, 0.25) is 5.02 Å². The van der Waals surface area contributed by atoms with Gasteiger partial charge < -0.3 is 15.7 Å². The minimum absolute atomic E-state index is 0.0566. The van der Waals surface area contributed by atoms with Gasteiger partial charge in [-0.25, -0.2) is 0 Å². The van der Waals surface area contributed by atoms with Crippen LogP contribution in [0.5, 0.6) is 0 Å². The molecule has 0 atom stereocenters. The first-order chi connectivity index (χ1) is 8.77. The zero-order valence-corrected chi connectivity index (χ0v) is 11.4. The van der Waals surface area contributed by atoms with E-state index in [1.165, 1.54) is 0 Å². The Morgan fingerprint density at radius 1 is 1.33 bits per heavy atom. The van der Waals surface area contributed by atoms with E-state index in [2.05, 4.69) is 15.6 Å². The molecule has 1 aromatic carbocycles. The molecule has 0 aromatic heterocycles. The number of rotatable bonds is 6. The molecule has 3 N–H and O–H groups in total. The van der Waals surface area contributed by atoms with E-state index in [-0.39, 0.29) is 6.61 Å². The van der Waals surface area contributed by atoms with Gasteiger partial charge in [0.05, 0.1) is 13.2 Å². The largest absolute Gasteiger partial charge is 0.394 e. The number of aliphatic hydroxyl groups is 1. The van der Waals surface area contributed by atoms with Gasteiger partial charge >= 0.3 is 0 Å². The van der Waals surface area contributed by atoms with Crippen molar-refractivity contribution in [1.29, 1.82) is 0 Å². The van der Waals surface area contributed by atoms with Gasteiger partial charge in [-0.2, -0.15) is 0 Å². The van der Waals surface area contributed by atoms with Gasteiger partial charge in [-0.15, -0.1) is 0 Å². The molecule has 0 saturated carbocycles. The van der Waals surface area contributed by atoms with Crippen LogP contribution in [0, 0.1) is 0 Å². The van der Waals surface area contributed by atoms with Crippen molar-refractivity contribution in [3.05, 3.63) is 34.9 Å². The third-order valence-electron chi connectivity index (χ3n) is 2.36. The van der Waals surface area contributed by atoms with Gasteiger partial charge in [0, 0.05) is 18.1 Å². The Labute approximate surface area is 113 Å². The standard InChI is InChI=1S/C13H20ClN3O/c1-2-15-13(17-9-10-18)16-8-7-11-5-3-4-6-12(11)14/h3-6,18H,2,7-10H2,1H3,(H2,15,16,17).